The number of unbranched alkanes of at least 4 members (excludes halogenated alkanes) is 1. The average molecular weight is 456 g/mol. The van der Waals surface area contributed by atoms with Crippen LogP contribution in [0.1, 0.15) is 57.6 Å². The van der Waals surface area contributed by atoms with Gasteiger partial charge in [0.25, 0.3) is 0 Å². The first-order valence-electron chi connectivity index (χ1n) is 12.1. The van der Waals surface area contributed by atoms with E-state index in [2.05, 4.69) is 53.9 Å². The third-order valence-electron chi connectivity index (χ3n) is 6.46. The molecule has 0 amide bonds. The lowest BCUT2D eigenvalue weighted by atomic mass is 9.99. The van der Waals surface area contributed by atoms with E-state index in [9.17, 15) is 4.79 Å². The highest BCUT2D eigenvalue weighted by Crippen LogP contribution is 2.33. The predicted octanol–water partition coefficient (Wildman–Crippen LogP) is 6.91. The van der Waals surface area contributed by atoms with Crippen molar-refractivity contribution in [3.8, 4) is 0 Å². The molecule has 0 bridgehead atoms. The lowest BCUT2D eigenvalue weighted by Crippen LogP contribution is -2.10. The van der Waals surface area contributed by atoms with Crippen molar-refractivity contribution in [2.24, 2.45) is 11.1 Å². The van der Waals surface area contributed by atoms with Crippen LogP contribution in [0.2, 0.25) is 0 Å². The Morgan fingerprint density at radius 3 is 2.35 bits per heavy atom. The Morgan fingerprint density at radius 1 is 0.971 bits per heavy atom. The van der Waals surface area contributed by atoms with Crippen LogP contribution in [0.15, 0.2) is 71.9 Å². The first-order chi connectivity index (χ1) is 16.5. The summed E-state index contributed by atoms with van der Waals surface area (Å²) in [6.07, 6.45) is 4.85. The average Bonchev–Trinajstić information content (AvgIpc) is 3.14. The second kappa shape index (κ2) is 10.6. The lowest BCUT2D eigenvalue weighted by Gasteiger charge is -2.17. The molecule has 2 N–H and O–H groups in total. The molecule has 0 spiro atoms. The maximum absolute atomic E-state index is 11.5. The van der Waals surface area contributed by atoms with Gasteiger partial charge in [0.1, 0.15) is 5.71 Å². The second-order valence-corrected chi connectivity index (χ2v) is 8.92. The summed E-state index contributed by atoms with van der Waals surface area (Å²) in [6.45, 7) is 6.86. The molecule has 5 nitrogen and oxygen atoms in total. The van der Waals surface area contributed by atoms with Gasteiger partial charge in [0.2, 0.25) is 0 Å². The van der Waals surface area contributed by atoms with E-state index in [4.69, 9.17) is 10.6 Å². The van der Waals surface area contributed by atoms with E-state index in [1.807, 2.05) is 36.4 Å². The van der Waals surface area contributed by atoms with Gasteiger partial charge >= 0.3 is 5.97 Å². The molecule has 0 aliphatic heterocycles. The minimum absolute atomic E-state index is 0.448. The number of anilines is 1. The molecular weight excluding hydrogens is 422 g/mol. The minimum Gasteiger partial charge on any atom is -0.399 e. The summed E-state index contributed by atoms with van der Waals surface area (Å²) in [5, 5.41) is 6.45. The van der Waals surface area contributed by atoms with Crippen molar-refractivity contribution in [3.05, 3.63) is 77.9 Å². The zero-order valence-corrected chi connectivity index (χ0v) is 20.3. The third-order valence-corrected chi connectivity index (χ3v) is 6.46. The fourth-order valence-corrected chi connectivity index (χ4v) is 4.62. The molecule has 0 radical (unpaired) electrons. The zero-order chi connectivity index (χ0) is 24.1. The van der Waals surface area contributed by atoms with Crippen molar-refractivity contribution >= 4 is 39.2 Å². The first-order valence-corrected chi connectivity index (χ1v) is 12.1. The maximum atomic E-state index is 11.5. The van der Waals surface area contributed by atoms with Crippen molar-refractivity contribution in [3.63, 3.8) is 0 Å². The van der Waals surface area contributed by atoms with Gasteiger partial charge in [-0.2, -0.15) is 0 Å². The summed E-state index contributed by atoms with van der Waals surface area (Å²) in [5.41, 5.74) is 11.7. The van der Waals surface area contributed by atoms with Crippen molar-refractivity contribution < 1.29 is 9.63 Å². The van der Waals surface area contributed by atoms with Crippen LogP contribution in [0.5, 0.6) is 0 Å². The van der Waals surface area contributed by atoms with Crippen molar-refractivity contribution in [1.82, 2.24) is 4.57 Å². The van der Waals surface area contributed by atoms with Gasteiger partial charge in [-0.3, -0.25) is 0 Å². The zero-order valence-electron chi connectivity index (χ0n) is 20.3. The normalized spacial score (nSPS) is 12.9. The van der Waals surface area contributed by atoms with E-state index < -0.39 is 5.97 Å². The molecule has 0 saturated carbocycles. The van der Waals surface area contributed by atoms with E-state index >= 15 is 0 Å². The lowest BCUT2D eigenvalue weighted by molar-refractivity contribution is -0.140. The van der Waals surface area contributed by atoms with Crippen molar-refractivity contribution in [2.45, 2.75) is 53.0 Å². The molecule has 34 heavy (non-hydrogen) atoms. The van der Waals surface area contributed by atoms with Gasteiger partial charge in [-0.25, -0.2) is 4.79 Å². The fourth-order valence-electron chi connectivity index (χ4n) is 4.62. The van der Waals surface area contributed by atoms with Crippen LogP contribution >= 0.6 is 0 Å². The molecule has 1 atom stereocenters. The highest BCUT2D eigenvalue weighted by Gasteiger charge is 2.17. The molecule has 5 heteroatoms. The summed E-state index contributed by atoms with van der Waals surface area (Å²) >= 11 is 0. The van der Waals surface area contributed by atoms with Crippen LogP contribution in [0.3, 0.4) is 0 Å². The van der Waals surface area contributed by atoms with Gasteiger partial charge in [-0.15, -0.1) is 0 Å². The topological polar surface area (TPSA) is 69.6 Å². The number of hydrogen-bond acceptors (Lipinski definition) is 4. The third kappa shape index (κ3) is 4.98. The molecule has 4 aromatic rings. The van der Waals surface area contributed by atoms with Crippen molar-refractivity contribution in [2.75, 3.05) is 5.73 Å². The Morgan fingerprint density at radius 2 is 1.68 bits per heavy atom. The minimum atomic E-state index is -0.448. The van der Waals surface area contributed by atoms with E-state index in [1.54, 1.807) is 0 Å². The summed E-state index contributed by atoms with van der Waals surface area (Å²) in [5.74, 6) is 0.179. The quantitative estimate of drug-likeness (QED) is 0.129. The van der Waals surface area contributed by atoms with Gasteiger partial charge in [-0.1, -0.05) is 74.7 Å². The Labute approximate surface area is 201 Å². The van der Waals surface area contributed by atoms with Gasteiger partial charge in [-0.05, 0) is 42.7 Å². The number of carbonyl (C=O) groups excluding carboxylic acids is 1. The molecular formula is C29H33N3O2. The number of nitrogen functional groups attached to an aromatic ring is 1. The Hall–Kier alpha value is -3.60. The van der Waals surface area contributed by atoms with Crippen LogP contribution < -0.4 is 5.73 Å². The van der Waals surface area contributed by atoms with E-state index in [-0.39, 0.29) is 0 Å². The largest absolute Gasteiger partial charge is 0.399 e. The van der Waals surface area contributed by atoms with E-state index in [0.29, 0.717) is 11.6 Å². The van der Waals surface area contributed by atoms with E-state index in [1.165, 1.54) is 37.2 Å². The molecule has 0 aliphatic carbocycles. The maximum Gasteiger partial charge on any atom is 0.332 e. The van der Waals surface area contributed by atoms with Gasteiger partial charge < -0.3 is 15.1 Å². The van der Waals surface area contributed by atoms with Gasteiger partial charge in [0.05, 0.1) is 0 Å². The second-order valence-electron chi connectivity index (χ2n) is 8.92. The Kier molecular flexibility index (Phi) is 7.31. The highest BCUT2D eigenvalue weighted by molar-refractivity contribution is 6.17. The van der Waals surface area contributed by atoms with Gasteiger partial charge in [0, 0.05) is 52.1 Å². The van der Waals surface area contributed by atoms with Crippen LogP contribution in [0.25, 0.3) is 21.8 Å². The SMILES string of the molecule is CCCCC(CC)Cn1c2ccc(N)cc2c2cc(/C(=N/OC(C)=O)c3ccccc3)ccc21. The monoisotopic (exact) mass is 455 g/mol. The summed E-state index contributed by atoms with van der Waals surface area (Å²) in [4.78, 5) is 16.6. The van der Waals surface area contributed by atoms with Gasteiger partial charge in [0.15, 0.2) is 0 Å². The molecule has 0 aliphatic rings. The number of oxime groups is 1. The number of hydrogen-bond donors (Lipinski definition) is 1. The highest BCUT2D eigenvalue weighted by atomic mass is 16.7. The molecule has 3 aromatic carbocycles. The first kappa shape index (κ1) is 23.6. The number of rotatable bonds is 9. The molecule has 1 unspecified atom stereocenters. The van der Waals surface area contributed by atoms with Crippen LogP contribution in [-0.4, -0.2) is 16.2 Å². The molecule has 1 heterocycles. The Bertz CT molecular complexity index is 1320. The van der Waals surface area contributed by atoms with E-state index in [0.717, 1.165) is 40.6 Å². The number of carbonyl (C=O) groups is 1. The Balaban J connectivity index is 1.87. The molecule has 176 valence electrons. The smallest absolute Gasteiger partial charge is 0.332 e. The predicted molar refractivity (Wildman–Crippen MR) is 141 cm³/mol. The van der Waals surface area contributed by atoms with Crippen LogP contribution in [-0.2, 0) is 16.2 Å². The fraction of sp³-hybridized carbons (Fsp3) is 0.310. The molecule has 0 saturated heterocycles. The number of benzene rings is 3. The summed E-state index contributed by atoms with van der Waals surface area (Å²) in [7, 11) is 0. The van der Waals surface area contributed by atoms with Crippen LogP contribution in [0.4, 0.5) is 5.69 Å². The van der Waals surface area contributed by atoms with Crippen molar-refractivity contribution in [1.29, 1.82) is 0 Å². The molecule has 0 fully saturated rings. The molecule has 1 aromatic heterocycles. The summed E-state index contributed by atoms with van der Waals surface area (Å²) < 4.78 is 2.43. The summed E-state index contributed by atoms with van der Waals surface area (Å²) in [6, 6.07) is 22.3. The van der Waals surface area contributed by atoms with Crippen LogP contribution in [0, 0.1) is 5.92 Å². The molecule has 4 rings (SSSR count). The number of nitrogens with zero attached hydrogens (tertiary/aromatic N) is 2. The number of aromatic nitrogens is 1. The number of nitrogens with two attached hydrogens (primary N) is 1. The number of fused-ring (bicyclic) bond motifs is 3. The standard InChI is InChI=1S/C29H33N3O2/c1-4-6-10-21(5-2)19-32-27-15-13-23(17-25(27)26-18-24(30)14-16-28(26)32)29(31-34-20(3)33)22-11-8-7-9-12-22/h7-9,11-18,21H,4-6,10,19,30H2,1-3H3/b31-29+.